The zero-order valence-electron chi connectivity index (χ0n) is 23.4. The van der Waals surface area contributed by atoms with Crippen molar-refractivity contribution in [3.63, 3.8) is 0 Å². The summed E-state index contributed by atoms with van der Waals surface area (Å²) in [6.07, 6.45) is 2.78. The third-order valence-corrected chi connectivity index (χ3v) is 7.38. The van der Waals surface area contributed by atoms with Crippen molar-refractivity contribution in [1.29, 1.82) is 0 Å². The van der Waals surface area contributed by atoms with Gasteiger partial charge >= 0.3 is 0 Å². The van der Waals surface area contributed by atoms with E-state index in [1.54, 1.807) is 43.3 Å². The van der Waals surface area contributed by atoms with Crippen molar-refractivity contribution in [2.75, 3.05) is 26.0 Å². The number of imide groups is 1. The van der Waals surface area contributed by atoms with Crippen LogP contribution >= 0.6 is 11.6 Å². The molecule has 3 amide bonds. The highest BCUT2D eigenvalue weighted by Gasteiger charge is 2.41. The van der Waals surface area contributed by atoms with Crippen LogP contribution in [0.2, 0.25) is 5.02 Å². The van der Waals surface area contributed by atoms with Crippen molar-refractivity contribution in [1.82, 2.24) is 15.1 Å². The van der Waals surface area contributed by atoms with Gasteiger partial charge in [-0.2, -0.15) is 0 Å². The second kappa shape index (κ2) is 12.6. The number of hydrogen-bond acceptors (Lipinski definition) is 7. The Morgan fingerprint density at radius 1 is 1.12 bits per heavy atom. The van der Waals surface area contributed by atoms with E-state index >= 15 is 0 Å². The topological polar surface area (TPSA) is 116 Å². The van der Waals surface area contributed by atoms with Crippen molar-refractivity contribution in [3.05, 3.63) is 87.7 Å². The largest absolute Gasteiger partial charge is 0.351 e. The molecule has 41 heavy (non-hydrogen) atoms. The highest BCUT2D eigenvalue weighted by Crippen LogP contribution is 2.26. The van der Waals surface area contributed by atoms with Gasteiger partial charge in [-0.25, -0.2) is 0 Å². The number of nitrogens with zero attached hydrogens (tertiary/aromatic N) is 2. The van der Waals surface area contributed by atoms with Crippen molar-refractivity contribution in [3.8, 4) is 0 Å². The summed E-state index contributed by atoms with van der Waals surface area (Å²) >= 11 is 6.20. The first-order valence-corrected chi connectivity index (χ1v) is 13.7. The fraction of sp³-hybridized carbons (Fsp3) is 0.323. The first-order valence-electron chi connectivity index (χ1n) is 13.3. The monoisotopic (exact) mass is 576 g/mol. The number of Topliss-reactive ketones (excluding diaryl/α,β-unsaturated/α-hetero) is 2. The predicted molar refractivity (Wildman–Crippen MR) is 156 cm³/mol. The maximum atomic E-state index is 13.2. The average Bonchev–Trinajstić information content (AvgIpc) is 3.17. The fourth-order valence-corrected chi connectivity index (χ4v) is 5.03. The van der Waals surface area contributed by atoms with Gasteiger partial charge in [-0.05, 0) is 81.2 Å². The number of nitrogens with one attached hydrogen (secondary N) is 2. The lowest BCUT2D eigenvalue weighted by molar-refractivity contribution is -0.146. The highest BCUT2D eigenvalue weighted by molar-refractivity contribution is 6.31. The molecule has 4 rings (SSSR count). The Kier molecular flexibility index (Phi) is 9.20. The standard InChI is InChI=1S/C31H33ClN4O5/c1-18-5-7-21(14-25(18)32)13-24(37)9-8-20-11-22(28(38)17-35(3)4)15-23(12-20)34-26-16-29(39)36(31(26)41)27-10-6-19(2)33-30(27)40/h5,7,11-12,14-16,27,34H,2,6,8-10,13,17H2,1,3-4H3,(H,33,40). The van der Waals surface area contributed by atoms with Gasteiger partial charge in [-0.15, -0.1) is 0 Å². The van der Waals surface area contributed by atoms with Crippen LogP contribution in [0.3, 0.4) is 0 Å². The smallest absolute Gasteiger partial charge is 0.278 e. The number of ketones is 2. The van der Waals surface area contributed by atoms with E-state index in [-0.39, 0.29) is 36.6 Å². The number of benzene rings is 2. The molecule has 1 atom stereocenters. The number of allylic oxidation sites excluding steroid dienone is 1. The summed E-state index contributed by atoms with van der Waals surface area (Å²) in [6, 6.07) is 9.74. The van der Waals surface area contributed by atoms with Crippen LogP contribution in [-0.4, -0.2) is 65.8 Å². The maximum absolute atomic E-state index is 13.2. The number of anilines is 1. The summed E-state index contributed by atoms with van der Waals surface area (Å²) in [5, 5.41) is 6.19. The Bertz CT molecular complexity index is 1480. The van der Waals surface area contributed by atoms with Gasteiger partial charge in [-0.3, -0.25) is 28.9 Å². The summed E-state index contributed by atoms with van der Waals surface area (Å²) in [6.45, 7) is 5.81. The summed E-state index contributed by atoms with van der Waals surface area (Å²) in [5.41, 5.74) is 3.89. The van der Waals surface area contributed by atoms with Gasteiger partial charge < -0.3 is 15.5 Å². The Balaban J connectivity index is 1.51. The van der Waals surface area contributed by atoms with Crippen LogP contribution in [0.4, 0.5) is 5.69 Å². The van der Waals surface area contributed by atoms with Crippen LogP contribution in [0.1, 0.15) is 46.3 Å². The highest BCUT2D eigenvalue weighted by atomic mass is 35.5. The minimum absolute atomic E-state index is 0.00249. The lowest BCUT2D eigenvalue weighted by Crippen LogP contribution is -2.52. The zero-order chi connectivity index (χ0) is 29.8. The summed E-state index contributed by atoms with van der Waals surface area (Å²) in [4.78, 5) is 66.7. The number of aryl methyl sites for hydroxylation is 2. The molecular weight excluding hydrogens is 544 g/mol. The molecule has 0 bridgehead atoms. The number of amides is 3. The van der Waals surface area contributed by atoms with Gasteiger partial charge in [0, 0.05) is 40.9 Å². The van der Waals surface area contributed by atoms with Crippen LogP contribution in [-0.2, 0) is 32.0 Å². The number of halogens is 1. The molecule has 0 saturated carbocycles. The lowest BCUT2D eigenvalue weighted by Gasteiger charge is -2.29. The van der Waals surface area contributed by atoms with Crippen LogP contribution in [0, 0.1) is 6.92 Å². The fourth-order valence-electron chi connectivity index (χ4n) is 4.83. The van der Waals surface area contributed by atoms with Gasteiger partial charge in [0.05, 0.1) is 6.54 Å². The SMILES string of the molecule is C=C1CCC(N2C(=O)C=C(Nc3cc(CCC(=O)Cc4ccc(C)c(Cl)c4)cc(C(=O)CN(C)C)c3)C2=O)C(=O)N1. The van der Waals surface area contributed by atoms with E-state index in [9.17, 15) is 24.0 Å². The van der Waals surface area contributed by atoms with Gasteiger partial charge in [0.15, 0.2) is 5.78 Å². The molecule has 2 N–H and O–H groups in total. The molecule has 2 aliphatic rings. The van der Waals surface area contributed by atoms with Gasteiger partial charge in [-0.1, -0.05) is 30.3 Å². The van der Waals surface area contributed by atoms with Crippen LogP contribution in [0.5, 0.6) is 0 Å². The van der Waals surface area contributed by atoms with Crippen molar-refractivity contribution in [2.24, 2.45) is 0 Å². The zero-order valence-corrected chi connectivity index (χ0v) is 24.1. The Labute approximate surface area is 244 Å². The molecular formula is C31H33ClN4O5. The van der Waals surface area contributed by atoms with Crippen molar-refractivity contribution in [2.45, 2.75) is 45.1 Å². The Morgan fingerprint density at radius 2 is 1.88 bits per heavy atom. The number of carbonyl (C=O) groups is 5. The summed E-state index contributed by atoms with van der Waals surface area (Å²) < 4.78 is 0. The molecule has 9 nitrogen and oxygen atoms in total. The van der Waals surface area contributed by atoms with E-state index < -0.39 is 23.8 Å². The third kappa shape index (κ3) is 7.36. The minimum atomic E-state index is -0.922. The lowest BCUT2D eigenvalue weighted by atomic mass is 9.99. The molecule has 2 aromatic carbocycles. The summed E-state index contributed by atoms with van der Waals surface area (Å²) in [7, 11) is 3.58. The van der Waals surface area contributed by atoms with Crippen molar-refractivity contribution >= 4 is 46.6 Å². The van der Waals surface area contributed by atoms with Crippen LogP contribution < -0.4 is 10.6 Å². The molecule has 214 valence electrons. The molecule has 0 aliphatic carbocycles. The third-order valence-electron chi connectivity index (χ3n) is 6.97. The van der Waals surface area contributed by atoms with Gasteiger partial charge in [0.2, 0.25) is 5.91 Å². The van der Waals surface area contributed by atoms with Gasteiger partial charge in [0.25, 0.3) is 11.8 Å². The molecule has 2 aromatic rings. The normalized spacial score (nSPS) is 17.1. The number of piperidine rings is 1. The molecule has 0 spiro atoms. The van der Waals surface area contributed by atoms with E-state index in [2.05, 4.69) is 17.2 Å². The van der Waals surface area contributed by atoms with Crippen LogP contribution in [0.15, 0.2) is 60.4 Å². The summed E-state index contributed by atoms with van der Waals surface area (Å²) in [5.74, 6) is -1.78. The number of rotatable bonds is 11. The molecule has 2 heterocycles. The molecule has 2 aliphatic heterocycles. The molecule has 1 fully saturated rings. The predicted octanol–water partition coefficient (Wildman–Crippen LogP) is 3.59. The van der Waals surface area contributed by atoms with E-state index in [1.165, 1.54) is 0 Å². The minimum Gasteiger partial charge on any atom is -0.351 e. The first kappa shape index (κ1) is 29.9. The molecule has 1 unspecified atom stereocenters. The van der Waals surface area contributed by atoms with Crippen molar-refractivity contribution < 1.29 is 24.0 Å². The number of carbonyl (C=O) groups excluding carboxylic acids is 5. The van der Waals surface area contributed by atoms with Gasteiger partial charge in [0.1, 0.15) is 17.5 Å². The van der Waals surface area contributed by atoms with E-state index in [0.29, 0.717) is 41.2 Å². The van der Waals surface area contributed by atoms with E-state index in [4.69, 9.17) is 11.6 Å². The Morgan fingerprint density at radius 3 is 2.56 bits per heavy atom. The maximum Gasteiger partial charge on any atom is 0.278 e. The second-order valence-corrected chi connectivity index (χ2v) is 11.1. The molecule has 1 saturated heterocycles. The average molecular weight is 577 g/mol. The molecule has 0 radical (unpaired) electrons. The second-order valence-electron chi connectivity index (χ2n) is 10.7. The molecule has 0 aromatic heterocycles. The van der Waals surface area contributed by atoms with Crippen LogP contribution in [0.25, 0.3) is 0 Å². The first-order chi connectivity index (χ1) is 19.4. The number of hydrogen-bond donors (Lipinski definition) is 2. The quantitative estimate of drug-likeness (QED) is 0.310. The van der Waals surface area contributed by atoms with E-state index in [1.807, 2.05) is 19.1 Å². The molecule has 10 heteroatoms. The Hall–Kier alpha value is -4.08. The van der Waals surface area contributed by atoms with E-state index in [0.717, 1.165) is 27.7 Å². The number of likely N-dealkylation sites (N-methyl/N-ethyl adjacent to an activating group) is 1.